The summed E-state index contributed by atoms with van der Waals surface area (Å²) in [6, 6.07) is 33.8. The number of nitrogens with one attached hydrogen (secondary N) is 2. The van der Waals surface area contributed by atoms with Gasteiger partial charge in [-0.1, -0.05) is 48.5 Å². The average Bonchev–Trinajstić information content (AvgIpc) is 3.37. The van der Waals surface area contributed by atoms with Gasteiger partial charge in [-0.3, -0.25) is 4.79 Å². The van der Waals surface area contributed by atoms with Gasteiger partial charge in [0.05, 0.1) is 6.61 Å². The molecule has 6 nitrogen and oxygen atoms in total. The molecule has 0 fully saturated rings. The van der Waals surface area contributed by atoms with Gasteiger partial charge in [-0.2, -0.15) is 0 Å². The highest BCUT2D eigenvalue weighted by Gasteiger charge is 2.13. The fourth-order valence-corrected chi connectivity index (χ4v) is 6.66. The maximum atomic E-state index is 11.0. The molecule has 0 spiro atoms. The number of hydrogen-bond donors (Lipinski definition) is 3. The Hall–Kier alpha value is -4.49. The van der Waals surface area contributed by atoms with Gasteiger partial charge in [0.25, 0.3) is 0 Å². The van der Waals surface area contributed by atoms with Crippen molar-refractivity contribution in [1.29, 1.82) is 0 Å². The van der Waals surface area contributed by atoms with Crippen molar-refractivity contribution in [3.63, 3.8) is 0 Å². The first-order valence-corrected chi connectivity index (χ1v) is 15.6. The van der Waals surface area contributed by atoms with Crippen LogP contribution in [0.2, 0.25) is 0 Å². The van der Waals surface area contributed by atoms with Gasteiger partial charge in [-0.15, -0.1) is 0 Å². The van der Waals surface area contributed by atoms with E-state index in [1.165, 1.54) is 38.8 Å². The van der Waals surface area contributed by atoms with Gasteiger partial charge in [0, 0.05) is 90.9 Å². The third kappa shape index (κ3) is 5.72. The number of aromatic nitrogens is 2. The molecular formula is C38H38N4O2. The number of carbonyl (C=O) groups excluding carboxylic acids is 1. The van der Waals surface area contributed by atoms with Gasteiger partial charge in [0.2, 0.25) is 0 Å². The summed E-state index contributed by atoms with van der Waals surface area (Å²) < 4.78 is 4.85. The van der Waals surface area contributed by atoms with E-state index < -0.39 is 0 Å². The van der Waals surface area contributed by atoms with Crippen LogP contribution in [0.15, 0.2) is 97.1 Å². The molecule has 6 aromatic rings. The van der Waals surface area contributed by atoms with E-state index in [-0.39, 0.29) is 6.61 Å². The number of nitrogens with zero attached hydrogens (tertiary/aromatic N) is 2. The molecule has 222 valence electrons. The Morgan fingerprint density at radius 2 is 1.16 bits per heavy atom. The smallest absolute Gasteiger partial charge is 0.150 e. The van der Waals surface area contributed by atoms with Crippen molar-refractivity contribution in [2.75, 3.05) is 26.2 Å². The van der Waals surface area contributed by atoms with E-state index in [0.29, 0.717) is 0 Å². The number of benzene rings is 4. The molecule has 0 saturated heterocycles. The summed E-state index contributed by atoms with van der Waals surface area (Å²) in [6.07, 6.45) is 3.06. The van der Waals surface area contributed by atoms with Crippen LogP contribution in [0.4, 0.5) is 0 Å². The van der Waals surface area contributed by atoms with Crippen molar-refractivity contribution < 1.29 is 9.90 Å². The zero-order valence-electron chi connectivity index (χ0n) is 24.9. The van der Waals surface area contributed by atoms with Gasteiger partial charge in [0.15, 0.2) is 0 Å². The lowest BCUT2D eigenvalue weighted by Gasteiger charge is -2.07. The Morgan fingerprint density at radius 1 is 0.614 bits per heavy atom. The largest absolute Gasteiger partial charge is 0.392 e. The highest BCUT2D eigenvalue weighted by Crippen LogP contribution is 2.29. The molecule has 0 atom stereocenters. The minimum absolute atomic E-state index is 0.0869. The summed E-state index contributed by atoms with van der Waals surface area (Å²) in [7, 11) is 0. The van der Waals surface area contributed by atoms with Crippen LogP contribution < -0.4 is 10.6 Å². The zero-order chi connectivity index (χ0) is 29.9. The molecule has 2 aliphatic rings. The van der Waals surface area contributed by atoms with Gasteiger partial charge < -0.3 is 24.9 Å². The van der Waals surface area contributed by atoms with Crippen LogP contribution in [0.3, 0.4) is 0 Å². The summed E-state index contributed by atoms with van der Waals surface area (Å²) >= 11 is 0. The highest BCUT2D eigenvalue weighted by atomic mass is 16.3. The van der Waals surface area contributed by atoms with Crippen molar-refractivity contribution in [2.24, 2.45) is 0 Å². The molecule has 0 aliphatic carbocycles. The minimum Gasteiger partial charge on any atom is -0.392 e. The van der Waals surface area contributed by atoms with Crippen molar-refractivity contribution in [3.8, 4) is 22.3 Å². The SMILES string of the molecule is O=Cc1cccc(-c2ccc3c(c2)cc2n3CCNCC2)c1.OCc1cccc(-c2ccc3c(c2)cc2n3CCNCC2)c1. The fraction of sp³-hybridized carbons (Fsp3) is 0.237. The van der Waals surface area contributed by atoms with E-state index in [1.807, 2.05) is 30.3 Å². The average molecular weight is 583 g/mol. The second kappa shape index (κ2) is 12.6. The van der Waals surface area contributed by atoms with E-state index in [1.54, 1.807) is 0 Å². The molecule has 4 heterocycles. The number of fused-ring (bicyclic) bond motifs is 6. The normalized spacial score (nSPS) is 14.7. The molecule has 0 unspecified atom stereocenters. The molecule has 8 rings (SSSR count). The Morgan fingerprint density at radius 3 is 1.73 bits per heavy atom. The predicted molar refractivity (Wildman–Crippen MR) is 179 cm³/mol. The number of aliphatic hydroxyl groups excluding tert-OH is 1. The molecule has 0 radical (unpaired) electrons. The lowest BCUT2D eigenvalue weighted by Crippen LogP contribution is -2.17. The van der Waals surface area contributed by atoms with Crippen molar-refractivity contribution in [1.82, 2.24) is 19.8 Å². The Bertz CT molecular complexity index is 1950. The Kier molecular flexibility index (Phi) is 8.12. The first-order chi connectivity index (χ1) is 21.7. The van der Waals surface area contributed by atoms with Gasteiger partial charge >= 0.3 is 0 Å². The zero-order valence-corrected chi connectivity index (χ0v) is 24.9. The van der Waals surface area contributed by atoms with Crippen LogP contribution in [0.1, 0.15) is 27.3 Å². The number of carbonyl (C=O) groups is 1. The van der Waals surface area contributed by atoms with Crippen molar-refractivity contribution in [2.45, 2.75) is 32.5 Å². The molecule has 0 bridgehead atoms. The maximum Gasteiger partial charge on any atom is 0.150 e. The first-order valence-electron chi connectivity index (χ1n) is 15.6. The molecule has 0 amide bonds. The second-order valence-electron chi connectivity index (χ2n) is 11.7. The van der Waals surface area contributed by atoms with E-state index in [9.17, 15) is 9.90 Å². The molecular weight excluding hydrogens is 544 g/mol. The molecule has 0 saturated carbocycles. The second-order valence-corrected chi connectivity index (χ2v) is 11.7. The van der Waals surface area contributed by atoms with E-state index in [2.05, 4.69) is 86.5 Å². The summed E-state index contributed by atoms with van der Waals surface area (Å²) in [4.78, 5) is 11.0. The Labute approximate surface area is 258 Å². The van der Waals surface area contributed by atoms with Crippen LogP contribution >= 0.6 is 0 Å². The molecule has 44 heavy (non-hydrogen) atoms. The summed E-state index contributed by atoms with van der Waals surface area (Å²) in [5, 5.41) is 18.8. The van der Waals surface area contributed by atoms with Crippen LogP contribution in [0.25, 0.3) is 44.1 Å². The van der Waals surface area contributed by atoms with Gasteiger partial charge in [-0.05, 0) is 76.3 Å². The fourth-order valence-electron chi connectivity index (χ4n) is 6.66. The first kappa shape index (κ1) is 28.3. The van der Waals surface area contributed by atoms with E-state index in [0.717, 1.165) is 86.2 Å². The third-order valence-electron chi connectivity index (χ3n) is 8.91. The summed E-state index contributed by atoms with van der Waals surface area (Å²) in [6.45, 7) is 6.32. The molecule has 3 N–H and O–H groups in total. The Balaban J connectivity index is 0.000000142. The topological polar surface area (TPSA) is 71.2 Å². The van der Waals surface area contributed by atoms with Crippen LogP contribution in [-0.4, -0.2) is 46.7 Å². The monoisotopic (exact) mass is 582 g/mol. The quantitative estimate of drug-likeness (QED) is 0.216. The third-order valence-corrected chi connectivity index (χ3v) is 8.91. The van der Waals surface area contributed by atoms with Crippen molar-refractivity contribution >= 4 is 28.1 Å². The lowest BCUT2D eigenvalue weighted by molar-refractivity contribution is 0.112. The number of rotatable bonds is 4. The molecule has 2 aromatic heterocycles. The van der Waals surface area contributed by atoms with Crippen LogP contribution in [-0.2, 0) is 32.5 Å². The highest BCUT2D eigenvalue weighted by molar-refractivity contribution is 5.88. The summed E-state index contributed by atoms with van der Waals surface area (Å²) in [5.41, 5.74) is 11.7. The van der Waals surface area contributed by atoms with Crippen LogP contribution in [0.5, 0.6) is 0 Å². The van der Waals surface area contributed by atoms with E-state index in [4.69, 9.17) is 0 Å². The molecule has 6 heteroatoms. The molecule has 4 aromatic carbocycles. The number of aldehydes is 1. The predicted octanol–water partition coefficient (Wildman–Crippen LogP) is 6.21. The maximum absolute atomic E-state index is 11.0. The number of aliphatic hydroxyl groups is 1. The van der Waals surface area contributed by atoms with Crippen LogP contribution in [0, 0.1) is 0 Å². The van der Waals surface area contributed by atoms with E-state index >= 15 is 0 Å². The lowest BCUT2D eigenvalue weighted by atomic mass is 10.0. The summed E-state index contributed by atoms with van der Waals surface area (Å²) in [5.74, 6) is 0. The number of hydrogen-bond acceptors (Lipinski definition) is 4. The van der Waals surface area contributed by atoms with Gasteiger partial charge in [-0.25, -0.2) is 0 Å². The van der Waals surface area contributed by atoms with Crippen molar-refractivity contribution in [3.05, 3.63) is 120 Å². The minimum atomic E-state index is 0.0869. The molecule has 2 aliphatic heterocycles. The van der Waals surface area contributed by atoms with Gasteiger partial charge in [0.1, 0.15) is 6.29 Å². The standard InChI is InChI=1S/C19H20N2O.C19H18N2O/c2*22-13-14-2-1-3-15(10-14)16-4-5-19-17(11-16)12-18-6-7-20-8-9-21(18)19/h1-5,10-12,20,22H,6-9,13H2;1-5,10-13,20H,6-9H2.